The Labute approximate surface area is 192 Å². The van der Waals surface area contributed by atoms with Crippen molar-refractivity contribution in [3.8, 4) is 0 Å². The molecule has 0 aliphatic carbocycles. The molecule has 2 aromatic heterocycles. The average molecular weight is 474 g/mol. The van der Waals surface area contributed by atoms with Crippen LogP contribution in [0.1, 0.15) is 12.5 Å². The van der Waals surface area contributed by atoms with Crippen LogP contribution in [0.4, 0.5) is 5.82 Å². The third-order valence-electron chi connectivity index (χ3n) is 5.61. The summed E-state index contributed by atoms with van der Waals surface area (Å²) in [6.45, 7) is 5.20. The molecule has 0 spiro atoms. The number of hydrogen-bond donors (Lipinski definition) is 1. The molecule has 1 N–H and O–H groups in total. The highest BCUT2D eigenvalue weighted by Crippen LogP contribution is 2.26. The zero-order valence-electron chi connectivity index (χ0n) is 17.8. The predicted molar refractivity (Wildman–Crippen MR) is 124 cm³/mol. The Morgan fingerprint density at radius 2 is 1.84 bits per heavy atom. The summed E-state index contributed by atoms with van der Waals surface area (Å²) in [5, 5.41) is 4.06. The molecule has 1 aliphatic rings. The Kier molecular flexibility index (Phi) is 6.43. The average Bonchev–Trinajstić information content (AvgIpc) is 2.79. The number of carbonyl (C=O) groups is 1. The van der Waals surface area contributed by atoms with Gasteiger partial charge in [0.15, 0.2) is 0 Å². The number of hydrogen-bond acceptors (Lipinski definition) is 6. The summed E-state index contributed by atoms with van der Waals surface area (Å²) in [6, 6.07) is 9.99. The number of para-hydroxylation sites is 1. The van der Waals surface area contributed by atoms with Crippen molar-refractivity contribution in [2.75, 3.05) is 31.5 Å². The number of piperazine rings is 1. The maximum atomic E-state index is 13.3. The summed E-state index contributed by atoms with van der Waals surface area (Å²) < 4.78 is 28.1. The minimum absolute atomic E-state index is 0.204. The minimum Gasteiger partial charge on any atom is -0.309 e. The van der Waals surface area contributed by atoms with Crippen molar-refractivity contribution >= 4 is 44.3 Å². The number of aromatic nitrogens is 2. The van der Waals surface area contributed by atoms with E-state index in [4.69, 9.17) is 11.6 Å². The van der Waals surface area contributed by atoms with Gasteiger partial charge in [-0.2, -0.15) is 4.31 Å². The van der Waals surface area contributed by atoms with Gasteiger partial charge in [-0.3, -0.25) is 14.7 Å². The molecule has 8 nitrogen and oxygen atoms in total. The fourth-order valence-corrected chi connectivity index (χ4v) is 5.47. The quantitative estimate of drug-likeness (QED) is 0.612. The number of nitrogens with zero attached hydrogens (tertiary/aromatic N) is 4. The molecule has 1 fully saturated rings. The summed E-state index contributed by atoms with van der Waals surface area (Å²) in [4.78, 5) is 23.2. The van der Waals surface area contributed by atoms with Crippen LogP contribution < -0.4 is 5.32 Å². The maximum absolute atomic E-state index is 13.3. The van der Waals surface area contributed by atoms with Gasteiger partial charge in [0.2, 0.25) is 15.9 Å². The van der Waals surface area contributed by atoms with Gasteiger partial charge in [0.1, 0.15) is 10.7 Å². The van der Waals surface area contributed by atoms with E-state index < -0.39 is 16.1 Å². The number of carbonyl (C=O) groups excluding carboxylic acids is 1. The van der Waals surface area contributed by atoms with Gasteiger partial charge < -0.3 is 5.32 Å². The largest absolute Gasteiger partial charge is 0.309 e. The van der Waals surface area contributed by atoms with Gasteiger partial charge in [-0.1, -0.05) is 23.7 Å². The monoisotopic (exact) mass is 473 g/mol. The van der Waals surface area contributed by atoms with Crippen LogP contribution in [0.5, 0.6) is 0 Å². The van der Waals surface area contributed by atoms with Crippen LogP contribution in [0.3, 0.4) is 0 Å². The smallest absolute Gasteiger partial charge is 0.245 e. The molecular formula is C22H24ClN5O3S. The number of anilines is 1. The van der Waals surface area contributed by atoms with Crippen molar-refractivity contribution in [3.05, 3.63) is 59.4 Å². The molecular weight excluding hydrogens is 450 g/mol. The molecule has 1 amide bonds. The van der Waals surface area contributed by atoms with E-state index in [0.29, 0.717) is 42.5 Å². The first-order valence-electron chi connectivity index (χ1n) is 10.3. The van der Waals surface area contributed by atoms with Gasteiger partial charge in [-0.25, -0.2) is 13.4 Å². The number of pyridine rings is 2. The van der Waals surface area contributed by atoms with Gasteiger partial charge in [0, 0.05) is 44.0 Å². The zero-order chi connectivity index (χ0) is 22.9. The summed E-state index contributed by atoms with van der Waals surface area (Å²) in [5.41, 5.74) is 1.45. The number of benzene rings is 1. The lowest BCUT2D eigenvalue weighted by atomic mass is 10.2. The van der Waals surface area contributed by atoms with Crippen LogP contribution >= 0.6 is 11.6 Å². The van der Waals surface area contributed by atoms with E-state index >= 15 is 0 Å². The molecule has 0 saturated carbocycles. The third kappa shape index (κ3) is 4.61. The second-order valence-electron chi connectivity index (χ2n) is 7.81. The highest BCUT2D eigenvalue weighted by molar-refractivity contribution is 7.89. The van der Waals surface area contributed by atoms with Gasteiger partial charge in [-0.05, 0) is 43.7 Å². The minimum atomic E-state index is -3.70. The second-order valence-corrected chi connectivity index (χ2v) is 10.2. The molecule has 32 heavy (non-hydrogen) atoms. The molecule has 1 aromatic carbocycles. The third-order valence-corrected chi connectivity index (χ3v) is 7.76. The van der Waals surface area contributed by atoms with Gasteiger partial charge in [-0.15, -0.1) is 0 Å². The van der Waals surface area contributed by atoms with E-state index in [1.54, 1.807) is 37.4 Å². The molecule has 1 atom stereocenters. The molecule has 3 aromatic rings. The Bertz CT molecular complexity index is 1240. The second kappa shape index (κ2) is 9.11. The standard InChI is InChI=1S/C22H24ClN5O3S/c1-15-12-17-4-3-5-19(21(17)25-13-15)32(30,31)28-10-8-27(9-11-28)16(2)22(29)26-20-7-6-18(23)14-24-20/h3-7,12-14,16H,8-11H2,1-2H3,(H,24,26,29). The Morgan fingerprint density at radius 1 is 1.09 bits per heavy atom. The summed E-state index contributed by atoms with van der Waals surface area (Å²) in [7, 11) is -3.70. The number of halogens is 1. The number of aryl methyl sites for hydroxylation is 1. The van der Waals surface area contributed by atoms with E-state index in [9.17, 15) is 13.2 Å². The first-order valence-corrected chi connectivity index (χ1v) is 12.1. The van der Waals surface area contributed by atoms with Crippen LogP contribution in [0.25, 0.3) is 10.9 Å². The normalized spacial score (nSPS) is 16.7. The maximum Gasteiger partial charge on any atom is 0.245 e. The number of nitrogens with one attached hydrogen (secondary N) is 1. The van der Waals surface area contributed by atoms with Crippen LogP contribution in [0, 0.1) is 6.92 Å². The summed E-state index contributed by atoms with van der Waals surface area (Å²) in [5.74, 6) is 0.218. The van der Waals surface area contributed by atoms with Crippen LogP contribution in [0.2, 0.25) is 5.02 Å². The van der Waals surface area contributed by atoms with Gasteiger partial charge in [0.05, 0.1) is 16.6 Å². The van der Waals surface area contributed by atoms with E-state index in [0.717, 1.165) is 10.9 Å². The van der Waals surface area contributed by atoms with Crippen LogP contribution in [-0.2, 0) is 14.8 Å². The molecule has 168 valence electrons. The highest BCUT2D eigenvalue weighted by atomic mass is 35.5. The van der Waals surface area contributed by atoms with Crippen molar-refractivity contribution in [3.63, 3.8) is 0 Å². The SMILES string of the molecule is Cc1cnc2c(S(=O)(=O)N3CCN(C(C)C(=O)Nc4ccc(Cl)cn4)CC3)cccc2c1. The van der Waals surface area contributed by atoms with E-state index in [1.165, 1.54) is 10.5 Å². The molecule has 1 aliphatic heterocycles. The number of amides is 1. The first-order chi connectivity index (χ1) is 15.3. The lowest BCUT2D eigenvalue weighted by Crippen LogP contribution is -2.54. The number of rotatable bonds is 5. The Morgan fingerprint density at radius 3 is 2.53 bits per heavy atom. The lowest BCUT2D eigenvalue weighted by molar-refractivity contribution is -0.121. The Balaban J connectivity index is 1.44. The van der Waals surface area contributed by atoms with Gasteiger partial charge >= 0.3 is 0 Å². The molecule has 1 saturated heterocycles. The molecule has 0 radical (unpaired) electrons. The topological polar surface area (TPSA) is 95.5 Å². The first kappa shape index (κ1) is 22.6. The molecule has 0 bridgehead atoms. The van der Waals surface area contributed by atoms with Crippen molar-refractivity contribution in [1.82, 2.24) is 19.2 Å². The highest BCUT2D eigenvalue weighted by Gasteiger charge is 2.33. The van der Waals surface area contributed by atoms with E-state index in [2.05, 4.69) is 15.3 Å². The van der Waals surface area contributed by atoms with Crippen LogP contribution in [-0.4, -0.2) is 65.7 Å². The lowest BCUT2D eigenvalue weighted by Gasteiger charge is -2.36. The van der Waals surface area contributed by atoms with E-state index in [1.807, 2.05) is 24.0 Å². The molecule has 10 heteroatoms. The van der Waals surface area contributed by atoms with Crippen molar-refractivity contribution in [1.29, 1.82) is 0 Å². The summed E-state index contributed by atoms with van der Waals surface area (Å²) in [6.07, 6.45) is 3.14. The van der Waals surface area contributed by atoms with Crippen molar-refractivity contribution in [2.24, 2.45) is 0 Å². The number of fused-ring (bicyclic) bond motifs is 1. The fourth-order valence-electron chi connectivity index (χ4n) is 3.77. The Hall–Kier alpha value is -2.59. The molecule has 4 rings (SSSR count). The zero-order valence-corrected chi connectivity index (χ0v) is 19.4. The fraction of sp³-hybridized carbons (Fsp3) is 0.318. The van der Waals surface area contributed by atoms with Crippen molar-refractivity contribution < 1.29 is 13.2 Å². The molecule has 1 unspecified atom stereocenters. The number of sulfonamides is 1. The predicted octanol–water partition coefficient (Wildman–Crippen LogP) is 2.93. The van der Waals surface area contributed by atoms with E-state index in [-0.39, 0.29) is 10.8 Å². The van der Waals surface area contributed by atoms with Crippen molar-refractivity contribution in [2.45, 2.75) is 24.8 Å². The molecule has 3 heterocycles. The van der Waals surface area contributed by atoms with Gasteiger partial charge in [0.25, 0.3) is 0 Å². The summed E-state index contributed by atoms with van der Waals surface area (Å²) >= 11 is 5.83. The van der Waals surface area contributed by atoms with Crippen LogP contribution in [0.15, 0.2) is 53.7 Å².